The second-order valence-electron chi connectivity index (χ2n) is 4.45. The summed E-state index contributed by atoms with van der Waals surface area (Å²) in [6, 6.07) is 2.89. The van der Waals surface area contributed by atoms with Crippen LogP contribution in [-0.2, 0) is 14.8 Å². The van der Waals surface area contributed by atoms with Crippen molar-refractivity contribution in [2.75, 3.05) is 7.05 Å². The summed E-state index contributed by atoms with van der Waals surface area (Å²) in [6.45, 7) is 3.10. The zero-order chi connectivity index (χ0) is 14.8. The summed E-state index contributed by atoms with van der Waals surface area (Å²) in [4.78, 5) is 10.9. The third kappa shape index (κ3) is 3.51. The highest BCUT2D eigenvalue weighted by Gasteiger charge is 2.27. The van der Waals surface area contributed by atoms with E-state index in [0.29, 0.717) is 5.56 Å². The zero-order valence-electron chi connectivity index (χ0n) is 11.1. The fraction of sp³-hybridized carbons (Fsp3) is 0.417. The van der Waals surface area contributed by atoms with Crippen LogP contribution in [0, 0.1) is 12.7 Å². The summed E-state index contributed by atoms with van der Waals surface area (Å²) in [5.41, 5.74) is 5.37. The van der Waals surface area contributed by atoms with E-state index in [9.17, 15) is 17.6 Å². The van der Waals surface area contributed by atoms with E-state index in [1.807, 2.05) is 0 Å². The number of nitrogens with zero attached hydrogens (tertiary/aromatic N) is 1. The van der Waals surface area contributed by atoms with E-state index in [2.05, 4.69) is 0 Å². The molecule has 0 radical (unpaired) electrons. The minimum atomic E-state index is -3.77. The van der Waals surface area contributed by atoms with E-state index in [4.69, 9.17) is 5.73 Å². The Bertz CT molecular complexity index is 587. The molecule has 7 heteroatoms. The molecule has 106 valence electrons. The summed E-state index contributed by atoms with van der Waals surface area (Å²) in [5, 5.41) is 0. The van der Waals surface area contributed by atoms with Gasteiger partial charge in [-0.15, -0.1) is 0 Å². The molecule has 0 aliphatic carbocycles. The van der Waals surface area contributed by atoms with Crippen LogP contribution in [0.5, 0.6) is 0 Å². The van der Waals surface area contributed by atoms with Crippen molar-refractivity contribution in [1.29, 1.82) is 0 Å². The molecule has 0 saturated carbocycles. The Morgan fingerprint density at radius 3 is 2.53 bits per heavy atom. The molecular formula is C12H17FN2O3S. The number of benzene rings is 1. The van der Waals surface area contributed by atoms with E-state index >= 15 is 0 Å². The fourth-order valence-electron chi connectivity index (χ4n) is 1.71. The number of sulfonamides is 1. The summed E-state index contributed by atoms with van der Waals surface area (Å²) in [7, 11) is -2.41. The Morgan fingerprint density at radius 1 is 1.47 bits per heavy atom. The van der Waals surface area contributed by atoms with Crippen molar-refractivity contribution in [2.24, 2.45) is 5.73 Å². The van der Waals surface area contributed by atoms with Crippen LogP contribution in [-0.4, -0.2) is 31.7 Å². The lowest BCUT2D eigenvalue weighted by Crippen LogP contribution is -2.38. The first-order chi connectivity index (χ1) is 8.66. The molecule has 5 nitrogen and oxygen atoms in total. The molecule has 1 atom stereocenters. The largest absolute Gasteiger partial charge is 0.370 e. The number of rotatable bonds is 5. The van der Waals surface area contributed by atoms with Crippen LogP contribution in [0.4, 0.5) is 4.39 Å². The second kappa shape index (κ2) is 5.66. The molecule has 0 spiro atoms. The Hall–Kier alpha value is -1.47. The minimum absolute atomic E-state index is 0.0210. The highest BCUT2D eigenvalue weighted by molar-refractivity contribution is 7.89. The standard InChI is InChI=1S/C12H17FN2O3S/c1-8-6-10(13)4-5-11(8)19(17,18)15(3)9(2)7-12(14)16/h4-6,9H,7H2,1-3H3,(H2,14,16). The average Bonchev–Trinajstić information content (AvgIpc) is 2.26. The van der Waals surface area contributed by atoms with Crippen LogP contribution in [0.15, 0.2) is 23.1 Å². The van der Waals surface area contributed by atoms with Crippen LogP contribution in [0.25, 0.3) is 0 Å². The lowest BCUT2D eigenvalue weighted by atomic mass is 10.2. The lowest BCUT2D eigenvalue weighted by molar-refractivity contribution is -0.118. The highest BCUT2D eigenvalue weighted by Crippen LogP contribution is 2.21. The van der Waals surface area contributed by atoms with Crippen molar-refractivity contribution >= 4 is 15.9 Å². The summed E-state index contributed by atoms with van der Waals surface area (Å²) in [6.07, 6.45) is -0.0734. The molecule has 1 aromatic rings. The Labute approximate surface area is 112 Å². The SMILES string of the molecule is Cc1cc(F)ccc1S(=O)(=O)N(C)C(C)CC(N)=O. The van der Waals surface area contributed by atoms with Gasteiger partial charge >= 0.3 is 0 Å². The molecule has 1 aromatic carbocycles. The number of carbonyl (C=O) groups excluding carboxylic acids is 1. The van der Waals surface area contributed by atoms with Gasteiger partial charge in [0.05, 0.1) is 4.90 Å². The van der Waals surface area contributed by atoms with Crippen molar-refractivity contribution in [3.8, 4) is 0 Å². The summed E-state index contributed by atoms with van der Waals surface area (Å²) >= 11 is 0. The van der Waals surface area contributed by atoms with Gasteiger partial charge in [0, 0.05) is 19.5 Å². The molecule has 0 saturated heterocycles. The van der Waals surface area contributed by atoms with Crippen molar-refractivity contribution in [3.05, 3.63) is 29.6 Å². The van der Waals surface area contributed by atoms with Gasteiger partial charge < -0.3 is 5.73 Å². The molecule has 19 heavy (non-hydrogen) atoms. The van der Waals surface area contributed by atoms with Gasteiger partial charge in [-0.2, -0.15) is 4.31 Å². The van der Waals surface area contributed by atoms with Gasteiger partial charge in [-0.25, -0.2) is 12.8 Å². The maximum Gasteiger partial charge on any atom is 0.243 e. The van der Waals surface area contributed by atoms with Crippen molar-refractivity contribution in [3.63, 3.8) is 0 Å². The molecular weight excluding hydrogens is 271 g/mol. The molecule has 0 aromatic heterocycles. The zero-order valence-corrected chi connectivity index (χ0v) is 11.9. The number of hydrogen-bond donors (Lipinski definition) is 1. The normalized spacial score (nSPS) is 13.5. The number of primary amides is 1. The number of carbonyl (C=O) groups is 1. The predicted molar refractivity (Wildman–Crippen MR) is 69.4 cm³/mol. The smallest absolute Gasteiger partial charge is 0.243 e. The molecule has 1 amide bonds. The van der Waals surface area contributed by atoms with Gasteiger partial charge in [0.15, 0.2) is 0 Å². The van der Waals surface area contributed by atoms with Gasteiger partial charge in [-0.3, -0.25) is 4.79 Å². The van der Waals surface area contributed by atoms with Gasteiger partial charge in [-0.05, 0) is 37.6 Å². The van der Waals surface area contributed by atoms with E-state index < -0.39 is 27.8 Å². The third-order valence-corrected chi connectivity index (χ3v) is 5.04. The molecule has 0 aliphatic heterocycles. The molecule has 0 aliphatic rings. The topological polar surface area (TPSA) is 80.5 Å². The van der Waals surface area contributed by atoms with Gasteiger partial charge in [-0.1, -0.05) is 0 Å². The Balaban J connectivity index is 3.13. The van der Waals surface area contributed by atoms with Crippen LogP contribution >= 0.6 is 0 Å². The van der Waals surface area contributed by atoms with Gasteiger partial charge in [0.1, 0.15) is 5.82 Å². The molecule has 0 fully saturated rings. The van der Waals surface area contributed by atoms with Crippen LogP contribution in [0.1, 0.15) is 18.9 Å². The number of nitrogens with two attached hydrogens (primary N) is 1. The van der Waals surface area contributed by atoms with Crippen molar-refractivity contribution in [1.82, 2.24) is 4.31 Å². The highest BCUT2D eigenvalue weighted by atomic mass is 32.2. The van der Waals surface area contributed by atoms with Crippen LogP contribution < -0.4 is 5.73 Å². The predicted octanol–water partition coefficient (Wildman–Crippen LogP) is 1.02. The van der Waals surface area contributed by atoms with Crippen LogP contribution in [0.2, 0.25) is 0 Å². The first kappa shape index (κ1) is 15.6. The summed E-state index contributed by atoms with van der Waals surface area (Å²) in [5.74, 6) is -1.07. The third-order valence-electron chi connectivity index (χ3n) is 2.91. The van der Waals surface area contributed by atoms with E-state index in [-0.39, 0.29) is 11.3 Å². The number of aryl methyl sites for hydroxylation is 1. The number of halogens is 1. The van der Waals surface area contributed by atoms with Crippen LogP contribution in [0.3, 0.4) is 0 Å². The maximum absolute atomic E-state index is 13.0. The van der Waals surface area contributed by atoms with Crippen molar-refractivity contribution < 1.29 is 17.6 Å². The fourth-order valence-corrected chi connectivity index (χ4v) is 3.28. The first-order valence-electron chi connectivity index (χ1n) is 5.68. The Morgan fingerprint density at radius 2 is 2.05 bits per heavy atom. The minimum Gasteiger partial charge on any atom is -0.370 e. The van der Waals surface area contributed by atoms with Crippen molar-refractivity contribution in [2.45, 2.75) is 31.2 Å². The summed E-state index contributed by atoms with van der Waals surface area (Å²) < 4.78 is 38.7. The van der Waals surface area contributed by atoms with Gasteiger partial charge in [0.25, 0.3) is 0 Å². The number of amides is 1. The second-order valence-corrected chi connectivity index (χ2v) is 6.42. The first-order valence-corrected chi connectivity index (χ1v) is 7.12. The van der Waals surface area contributed by atoms with Gasteiger partial charge in [0.2, 0.25) is 15.9 Å². The number of hydrogen-bond acceptors (Lipinski definition) is 3. The molecule has 0 bridgehead atoms. The quantitative estimate of drug-likeness (QED) is 0.878. The molecule has 1 unspecified atom stereocenters. The molecule has 1 rings (SSSR count). The molecule has 2 N–H and O–H groups in total. The molecule has 0 heterocycles. The average molecular weight is 288 g/mol. The van der Waals surface area contributed by atoms with E-state index in [0.717, 1.165) is 16.4 Å². The monoisotopic (exact) mass is 288 g/mol. The maximum atomic E-state index is 13.0. The lowest BCUT2D eigenvalue weighted by Gasteiger charge is -2.24. The van der Waals surface area contributed by atoms with E-state index in [1.54, 1.807) is 6.92 Å². The Kier molecular flexibility index (Phi) is 4.65. The van der Waals surface area contributed by atoms with E-state index in [1.165, 1.54) is 20.0 Å².